The number of amides is 1. The van der Waals surface area contributed by atoms with Crippen LogP contribution in [0.3, 0.4) is 0 Å². The molecule has 29 heavy (non-hydrogen) atoms. The molecular formula is C22H21BrN2O4. The van der Waals surface area contributed by atoms with Gasteiger partial charge in [-0.1, -0.05) is 12.7 Å². The number of benzene rings is 2. The summed E-state index contributed by atoms with van der Waals surface area (Å²) in [4.78, 5) is 12.5. The van der Waals surface area contributed by atoms with Gasteiger partial charge in [-0.2, -0.15) is 5.26 Å². The maximum atomic E-state index is 12.5. The van der Waals surface area contributed by atoms with Crippen molar-refractivity contribution in [2.75, 3.05) is 25.6 Å². The van der Waals surface area contributed by atoms with Crippen molar-refractivity contribution in [2.24, 2.45) is 0 Å². The zero-order valence-corrected chi connectivity index (χ0v) is 17.8. The van der Waals surface area contributed by atoms with E-state index in [0.29, 0.717) is 46.2 Å². The van der Waals surface area contributed by atoms with Crippen molar-refractivity contribution in [1.82, 2.24) is 0 Å². The Morgan fingerprint density at radius 3 is 2.59 bits per heavy atom. The molecular weight excluding hydrogens is 436 g/mol. The topological polar surface area (TPSA) is 80.6 Å². The van der Waals surface area contributed by atoms with E-state index < -0.39 is 5.91 Å². The Kier molecular flexibility index (Phi) is 8.31. The van der Waals surface area contributed by atoms with Gasteiger partial charge in [-0.15, -0.1) is 0 Å². The highest BCUT2D eigenvalue weighted by Gasteiger charge is 2.14. The van der Waals surface area contributed by atoms with Gasteiger partial charge in [0.1, 0.15) is 24.0 Å². The first-order valence-corrected chi connectivity index (χ1v) is 9.58. The normalized spacial score (nSPS) is 10.6. The van der Waals surface area contributed by atoms with Crippen LogP contribution in [0.25, 0.3) is 6.08 Å². The van der Waals surface area contributed by atoms with Crippen LogP contribution in [-0.4, -0.2) is 26.2 Å². The van der Waals surface area contributed by atoms with E-state index in [1.165, 1.54) is 13.2 Å². The molecule has 0 spiro atoms. The van der Waals surface area contributed by atoms with Crippen LogP contribution in [0.1, 0.15) is 12.5 Å². The number of hydrogen-bond acceptors (Lipinski definition) is 5. The number of carbonyl (C=O) groups excluding carboxylic acids is 1. The Morgan fingerprint density at radius 2 is 2.00 bits per heavy atom. The second-order valence-corrected chi connectivity index (χ2v) is 6.57. The van der Waals surface area contributed by atoms with Crippen molar-refractivity contribution >= 4 is 33.6 Å². The summed E-state index contributed by atoms with van der Waals surface area (Å²) < 4.78 is 16.9. The molecule has 7 heteroatoms. The number of nitriles is 1. The van der Waals surface area contributed by atoms with Crippen molar-refractivity contribution in [3.63, 3.8) is 0 Å². The number of carbonyl (C=O) groups is 1. The Bertz CT molecular complexity index is 947. The van der Waals surface area contributed by atoms with Gasteiger partial charge in [0.25, 0.3) is 5.91 Å². The van der Waals surface area contributed by atoms with Crippen molar-refractivity contribution in [3.8, 4) is 23.3 Å². The van der Waals surface area contributed by atoms with E-state index in [1.807, 2.05) is 13.0 Å². The Morgan fingerprint density at radius 1 is 1.28 bits per heavy atom. The minimum atomic E-state index is -0.515. The Hall–Kier alpha value is -3.24. The van der Waals surface area contributed by atoms with E-state index in [9.17, 15) is 10.1 Å². The molecule has 0 aromatic heterocycles. The van der Waals surface area contributed by atoms with E-state index in [0.717, 1.165) is 0 Å². The monoisotopic (exact) mass is 456 g/mol. The highest BCUT2D eigenvalue weighted by atomic mass is 79.9. The summed E-state index contributed by atoms with van der Waals surface area (Å²) in [5, 5.41) is 12.1. The van der Waals surface area contributed by atoms with Gasteiger partial charge < -0.3 is 19.5 Å². The fraction of sp³-hybridized carbons (Fsp3) is 0.182. The van der Waals surface area contributed by atoms with Crippen LogP contribution in [0.2, 0.25) is 0 Å². The quantitative estimate of drug-likeness (QED) is 0.327. The first kappa shape index (κ1) is 22.1. The molecule has 2 rings (SSSR count). The van der Waals surface area contributed by atoms with Crippen LogP contribution in [-0.2, 0) is 4.79 Å². The van der Waals surface area contributed by atoms with Crippen LogP contribution in [0, 0.1) is 11.3 Å². The first-order valence-electron chi connectivity index (χ1n) is 8.79. The van der Waals surface area contributed by atoms with Crippen molar-refractivity contribution in [2.45, 2.75) is 6.92 Å². The second-order valence-electron chi connectivity index (χ2n) is 5.72. The van der Waals surface area contributed by atoms with E-state index in [2.05, 4.69) is 27.8 Å². The number of methoxy groups -OCH3 is 1. The van der Waals surface area contributed by atoms with Gasteiger partial charge in [0.05, 0.1) is 18.2 Å². The summed E-state index contributed by atoms with van der Waals surface area (Å²) in [6.45, 7) is 6.39. The van der Waals surface area contributed by atoms with Crippen LogP contribution < -0.4 is 19.5 Å². The molecule has 0 radical (unpaired) electrons. The third-order valence-corrected chi connectivity index (χ3v) is 4.29. The number of halogens is 1. The average Bonchev–Trinajstić information content (AvgIpc) is 2.72. The largest absolute Gasteiger partial charge is 0.494 e. The van der Waals surface area contributed by atoms with Crippen LogP contribution in [0.15, 0.2) is 59.1 Å². The molecule has 0 heterocycles. The lowest BCUT2D eigenvalue weighted by Gasteiger charge is -2.12. The fourth-order valence-corrected chi connectivity index (χ4v) is 2.99. The first-order chi connectivity index (χ1) is 14.0. The molecule has 2 aromatic carbocycles. The molecule has 0 atom stereocenters. The molecule has 6 nitrogen and oxygen atoms in total. The molecule has 0 aliphatic heterocycles. The van der Waals surface area contributed by atoms with E-state index in [4.69, 9.17) is 14.2 Å². The smallest absolute Gasteiger partial charge is 0.266 e. The standard InChI is InChI=1S/C22H21BrN2O4/c1-4-10-29-21-19(23)12-15(13-20(21)27-3)11-16(14-24)22(26)25-17-6-8-18(9-7-17)28-5-2/h4,6-9,11-13H,1,5,10H2,2-3H3,(H,25,26)/b16-11+. The lowest BCUT2D eigenvalue weighted by atomic mass is 10.1. The average molecular weight is 457 g/mol. The number of nitrogens with one attached hydrogen (secondary N) is 1. The van der Waals surface area contributed by atoms with Crippen LogP contribution >= 0.6 is 15.9 Å². The highest BCUT2D eigenvalue weighted by Crippen LogP contribution is 2.37. The Balaban J connectivity index is 2.23. The molecule has 1 amide bonds. The molecule has 2 aromatic rings. The van der Waals surface area contributed by atoms with Crippen LogP contribution in [0.5, 0.6) is 17.2 Å². The maximum Gasteiger partial charge on any atom is 0.266 e. The molecule has 0 saturated carbocycles. The number of ether oxygens (including phenoxy) is 3. The maximum absolute atomic E-state index is 12.5. The minimum Gasteiger partial charge on any atom is -0.494 e. The third kappa shape index (κ3) is 6.13. The molecule has 0 fully saturated rings. The van der Waals surface area contributed by atoms with Gasteiger partial charge in [0.2, 0.25) is 0 Å². The zero-order chi connectivity index (χ0) is 21.2. The summed E-state index contributed by atoms with van der Waals surface area (Å²) >= 11 is 3.43. The minimum absolute atomic E-state index is 0.0485. The summed E-state index contributed by atoms with van der Waals surface area (Å²) in [6, 6.07) is 12.3. The SMILES string of the molecule is C=CCOc1c(Br)cc(/C=C(\C#N)C(=O)Nc2ccc(OCC)cc2)cc1OC. The van der Waals surface area contributed by atoms with Crippen molar-refractivity contribution < 1.29 is 19.0 Å². The van der Waals surface area contributed by atoms with Gasteiger partial charge in [-0.05, 0) is 70.9 Å². The van der Waals surface area contributed by atoms with Gasteiger partial charge in [0.15, 0.2) is 11.5 Å². The lowest BCUT2D eigenvalue weighted by Crippen LogP contribution is -2.13. The molecule has 0 saturated heterocycles. The Labute approximate surface area is 178 Å². The van der Waals surface area contributed by atoms with Gasteiger partial charge in [-0.3, -0.25) is 4.79 Å². The van der Waals surface area contributed by atoms with E-state index in [-0.39, 0.29) is 5.57 Å². The summed E-state index contributed by atoms with van der Waals surface area (Å²) in [5.41, 5.74) is 1.12. The number of hydrogen-bond donors (Lipinski definition) is 1. The summed E-state index contributed by atoms with van der Waals surface area (Å²) in [6.07, 6.45) is 3.10. The lowest BCUT2D eigenvalue weighted by molar-refractivity contribution is -0.112. The molecule has 0 aliphatic carbocycles. The highest BCUT2D eigenvalue weighted by molar-refractivity contribution is 9.10. The van der Waals surface area contributed by atoms with Crippen molar-refractivity contribution in [1.29, 1.82) is 5.26 Å². The number of anilines is 1. The second kappa shape index (κ2) is 10.9. The van der Waals surface area contributed by atoms with Gasteiger partial charge in [0, 0.05) is 5.69 Å². The third-order valence-electron chi connectivity index (χ3n) is 3.70. The van der Waals surface area contributed by atoms with E-state index in [1.54, 1.807) is 42.5 Å². The molecule has 0 unspecified atom stereocenters. The van der Waals surface area contributed by atoms with Crippen molar-refractivity contribution in [3.05, 3.63) is 64.7 Å². The van der Waals surface area contributed by atoms with Crippen LogP contribution in [0.4, 0.5) is 5.69 Å². The fourth-order valence-electron chi connectivity index (χ4n) is 2.42. The molecule has 1 N–H and O–H groups in total. The predicted molar refractivity (Wildman–Crippen MR) is 116 cm³/mol. The van der Waals surface area contributed by atoms with E-state index >= 15 is 0 Å². The molecule has 0 bridgehead atoms. The molecule has 150 valence electrons. The van der Waals surface area contributed by atoms with Gasteiger partial charge in [-0.25, -0.2) is 0 Å². The number of nitrogens with zero attached hydrogens (tertiary/aromatic N) is 1. The van der Waals surface area contributed by atoms with Gasteiger partial charge >= 0.3 is 0 Å². The zero-order valence-electron chi connectivity index (χ0n) is 16.2. The summed E-state index contributed by atoms with van der Waals surface area (Å²) in [7, 11) is 1.51. The summed E-state index contributed by atoms with van der Waals surface area (Å²) in [5.74, 6) is 1.18. The predicted octanol–water partition coefficient (Wildman–Crippen LogP) is 4.97. The number of rotatable bonds is 9. The molecule has 0 aliphatic rings.